The van der Waals surface area contributed by atoms with Crippen LogP contribution >= 0.6 is 23.8 Å². The van der Waals surface area contributed by atoms with Crippen molar-refractivity contribution in [3.63, 3.8) is 0 Å². The number of unbranched alkanes of at least 4 members (excludes halogenated alkanes) is 2. The van der Waals surface area contributed by atoms with Gasteiger partial charge in [-0.3, -0.25) is 4.79 Å². The fourth-order valence-corrected chi connectivity index (χ4v) is 3.74. The Bertz CT molecular complexity index is 589. The fourth-order valence-electron chi connectivity index (χ4n) is 3.35. The van der Waals surface area contributed by atoms with Crippen LogP contribution in [0.5, 0.6) is 0 Å². The minimum atomic E-state index is -0.135. The number of likely N-dealkylation sites (tertiary alicyclic amines) is 1. The van der Waals surface area contributed by atoms with Crippen LogP contribution in [0, 0.1) is 0 Å². The number of halogens is 1. The van der Waals surface area contributed by atoms with Gasteiger partial charge in [-0.1, -0.05) is 30.2 Å². The van der Waals surface area contributed by atoms with Gasteiger partial charge < -0.3 is 20.3 Å². The lowest BCUT2D eigenvalue weighted by molar-refractivity contribution is -0.918. The van der Waals surface area contributed by atoms with E-state index >= 15 is 0 Å². The molecule has 7 heteroatoms. The second-order valence-corrected chi connectivity index (χ2v) is 7.96. The van der Waals surface area contributed by atoms with E-state index in [1.54, 1.807) is 4.90 Å². The molecule has 0 bridgehead atoms. The predicted octanol–water partition coefficient (Wildman–Crippen LogP) is 2.08. The average molecular weight is 413 g/mol. The molecule has 1 aromatic rings. The molecule has 3 N–H and O–H groups in total. The first kappa shape index (κ1) is 21.9. The molecular formula is C20H31ClN3O2S+. The minimum absolute atomic E-state index is 0.135. The van der Waals surface area contributed by atoms with Crippen LogP contribution in [-0.2, 0) is 16.1 Å². The zero-order valence-electron chi connectivity index (χ0n) is 16.1. The number of methoxy groups -OCH3 is 1. The van der Waals surface area contributed by atoms with E-state index in [0.717, 1.165) is 68.4 Å². The van der Waals surface area contributed by atoms with Crippen LogP contribution in [0.25, 0.3) is 0 Å². The molecule has 0 atom stereocenters. The van der Waals surface area contributed by atoms with Gasteiger partial charge in [0.1, 0.15) is 6.54 Å². The monoisotopic (exact) mass is 412 g/mol. The summed E-state index contributed by atoms with van der Waals surface area (Å²) in [7, 11) is 1.43. The van der Waals surface area contributed by atoms with Crippen molar-refractivity contribution in [3.05, 3.63) is 34.9 Å². The maximum atomic E-state index is 11.0. The highest BCUT2D eigenvalue weighted by molar-refractivity contribution is 7.80. The lowest BCUT2D eigenvalue weighted by Gasteiger charge is -2.30. The second kappa shape index (κ2) is 12.2. The molecule has 0 aliphatic carbocycles. The predicted molar refractivity (Wildman–Crippen MR) is 113 cm³/mol. The Morgan fingerprint density at radius 3 is 2.59 bits per heavy atom. The van der Waals surface area contributed by atoms with Crippen LogP contribution in [0.15, 0.2) is 24.3 Å². The van der Waals surface area contributed by atoms with Crippen molar-refractivity contribution in [2.24, 2.45) is 0 Å². The number of rotatable bonds is 9. The first-order valence-electron chi connectivity index (χ1n) is 9.76. The Morgan fingerprint density at radius 2 is 1.93 bits per heavy atom. The van der Waals surface area contributed by atoms with Gasteiger partial charge in [-0.05, 0) is 37.2 Å². The number of esters is 1. The van der Waals surface area contributed by atoms with E-state index in [-0.39, 0.29) is 5.97 Å². The minimum Gasteiger partial charge on any atom is -0.469 e. The van der Waals surface area contributed by atoms with Crippen LogP contribution in [0.4, 0.5) is 0 Å². The molecule has 0 saturated carbocycles. The largest absolute Gasteiger partial charge is 0.469 e. The molecular weight excluding hydrogens is 382 g/mol. The number of benzene rings is 1. The van der Waals surface area contributed by atoms with E-state index in [4.69, 9.17) is 23.8 Å². The normalized spacial score (nSPS) is 19.3. The third-order valence-corrected chi connectivity index (χ3v) is 5.48. The number of carbonyl (C=O) groups is 1. The van der Waals surface area contributed by atoms with E-state index in [0.29, 0.717) is 12.5 Å². The molecule has 0 spiro atoms. The van der Waals surface area contributed by atoms with Gasteiger partial charge in [-0.25, -0.2) is 0 Å². The summed E-state index contributed by atoms with van der Waals surface area (Å²) in [5.74, 6) is -0.135. The summed E-state index contributed by atoms with van der Waals surface area (Å²) in [6.45, 7) is 4.19. The summed E-state index contributed by atoms with van der Waals surface area (Å²) >= 11 is 11.4. The number of hydrogen-bond acceptors (Lipinski definition) is 3. The number of ether oxygens (including phenoxy) is 1. The van der Waals surface area contributed by atoms with E-state index in [9.17, 15) is 4.79 Å². The molecule has 27 heavy (non-hydrogen) atoms. The zero-order chi connectivity index (χ0) is 19.5. The first-order valence-corrected chi connectivity index (χ1v) is 10.5. The highest BCUT2D eigenvalue weighted by Gasteiger charge is 2.22. The quantitative estimate of drug-likeness (QED) is 0.329. The lowest BCUT2D eigenvalue weighted by atomic mass is 10.0. The Hall–Kier alpha value is -1.37. The van der Waals surface area contributed by atoms with Crippen LogP contribution in [0.2, 0.25) is 5.02 Å². The molecule has 0 radical (unpaired) electrons. The number of nitrogens with one attached hydrogen (secondary N) is 3. The fraction of sp³-hybridized carbons (Fsp3) is 0.600. The Kier molecular flexibility index (Phi) is 9.87. The van der Waals surface area contributed by atoms with Gasteiger partial charge in [0.05, 0.1) is 20.2 Å². The number of carbonyl (C=O) groups excluding carboxylic acids is 1. The zero-order valence-corrected chi connectivity index (χ0v) is 17.6. The number of quaternary nitrogens is 1. The molecule has 0 aromatic heterocycles. The molecule has 5 nitrogen and oxygen atoms in total. The standard InChI is InChI=1S/C20H30ClN3O2S/c1-26-19(25)5-3-2-4-12-22-20(27)23-18-10-13-24(14-11-18)15-16-6-8-17(21)9-7-16/h6-9,18H,2-5,10-15H2,1H3,(H2,22,23,27)/p+1. The Balaban J connectivity index is 1.53. The molecule has 150 valence electrons. The highest BCUT2D eigenvalue weighted by Crippen LogP contribution is 2.09. The molecule has 1 saturated heterocycles. The topological polar surface area (TPSA) is 54.8 Å². The molecule has 1 aromatic carbocycles. The molecule has 1 aliphatic rings. The van der Waals surface area contributed by atoms with Gasteiger partial charge in [0.2, 0.25) is 0 Å². The number of thiocarbonyl (C=S) groups is 1. The summed E-state index contributed by atoms with van der Waals surface area (Å²) in [5.41, 5.74) is 1.34. The van der Waals surface area contributed by atoms with Crippen LogP contribution in [0.3, 0.4) is 0 Å². The molecule has 1 aliphatic heterocycles. The Labute approximate surface area is 172 Å². The van der Waals surface area contributed by atoms with Gasteiger partial charge >= 0.3 is 5.97 Å². The molecule has 0 amide bonds. The highest BCUT2D eigenvalue weighted by atomic mass is 35.5. The van der Waals surface area contributed by atoms with Gasteiger partial charge in [-0.2, -0.15) is 0 Å². The van der Waals surface area contributed by atoms with Crippen molar-refractivity contribution in [2.45, 2.75) is 51.1 Å². The maximum absolute atomic E-state index is 11.0. The van der Waals surface area contributed by atoms with Crippen molar-refractivity contribution in [2.75, 3.05) is 26.7 Å². The summed E-state index contributed by atoms with van der Waals surface area (Å²) < 4.78 is 4.63. The third-order valence-electron chi connectivity index (χ3n) is 4.97. The second-order valence-electron chi connectivity index (χ2n) is 7.11. The molecule has 0 unspecified atom stereocenters. The number of piperidine rings is 1. The van der Waals surface area contributed by atoms with Crippen LogP contribution in [0.1, 0.15) is 44.1 Å². The van der Waals surface area contributed by atoms with Crippen molar-refractivity contribution in [1.29, 1.82) is 0 Å². The van der Waals surface area contributed by atoms with Crippen LogP contribution in [-0.4, -0.2) is 43.9 Å². The summed E-state index contributed by atoms with van der Waals surface area (Å²) in [5, 5.41) is 8.25. The Morgan fingerprint density at radius 1 is 1.22 bits per heavy atom. The van der Waals surface area contributed by atoms with Gasteiger partial charge in [0, 0.05) is 42.4 Å². The van der Waals surface area contributed by atoms with E-state index < -0.39 is 0 Å². The summed E-state index contributed by atoms with van der Waals surface area (Å²) in [4.78, 5) is 12.6. The van der Waals surface area contributed by atoms with Crippen molar-refractivity contribution >= 4 is 34.9 Å². The van der Waals surface area contributed by atoms with Crippen molar-refractivity contribution in [1.82, 2.24) is 10.6 Å². The molecule has 1 heterocycles. The van der Waals surface area contributed by atoms with Gasteiger partial charge in [0.25, 0.3) is 0 Å². The summed E-state index contributed by atoms with van der Waals surface area (Å²) in [6, 6.07) is 8.61. The van der Waals surface area contributed by atoms with E-state index in [1.807, 2.05) is 12.1 Å². The van der Waals surface area contributed by atoms with Crippen LogP contribution < -0.4 is 15.5 Å². The molecule has 1 fully saturated rings. The van der Waals surface area contributed by atoms with Gasteiger partial charge in [0.15, 0.2) is 5.11 Å². The third kappa shape index (κ3) is 8.91. The smallest absolute Gasteiger partial charge is 0.305 e. The number of hydrogen-bond donors (Lipinski definition) is 3. The first-order chi connectivity index (χ1) is 13.1. The van der Waals surface area contributed by atoms with E-state index in [2.05, 4.69) is 27.5 Å². The SMILES string of the molecule is COC(=O)CCCCCNC(=S)NC1CC[NH+](Cc2ccc(Cl)cc2)CC1. The molecule has 2 rings (SSSR count). The van der Waals surface area contributed by atoms with Crippen molar-refractivity contribution in [3.8, 4) is 0 Å². The maximum Gasteiger partial charge on any atom is 0.305 e. The summed E-state index contributed by atoms with van der Waals surface area (Å²) in [6.07, 6.45) is 5.62. The van der Waals surface area contributed by atoms with E-state index in [1.165, 1.54) is 12.7 Å². The van der Waals surface area contributed by atoms with Gasteiger partial charge in [-0.15, -0.1) is 0 Å². The van der Waals surface area contributed by atoms with Crippen molar-refractivity contribution < 1.29 is 14.4 Å². The lowest BCUT2D eigenvalue weighted by Crippen LogP contribution is -3.12. The average Bonchev–Trinajstić information content (AvgIpc) is 2.67.